The van der Waals surface area contributed by atoms with Gasteiger partial charge in [-0.05, 0) is 0 Å². The average Bonchev–Trinajstić information content (AvgIpc) is 2.02. The Morgan fingerprint density at radius 2 is 1.50 bits per heavy atom. The molecule has 0 spiro atoms. The van der Waals surface area contributed by atoms with Gasteiger partial charge in [0.15, 0.2) is 0 Å². The van der Waals surface area contributed by atoms with Crippen molar-refractivity contribution in [3.05, 3.63) is 0 Å². The van der Waals surface area contributed by atoms with Gasteiger partial charge in [0, 0.05) is 0 Å². The summed E-state index contributed by atoms with van der Waals surface area (Å²) < 4.78 is 4.50. The first-order chi connectivity index (χ1) is 3.23. The highest BCUT2D eigenvalue weighted by Gasteiger charge is 1.94. The van der Waals surface area contributed by atoms with Gasteiger partial charge in [0.1, 0.15) is 0 Å². The molecule has 1 heterocycles. The molecule has 0 bridgehead atoms. The molecule has 0 saturated carbocycles. The summed E-state index contributed by atoms with van der Waals surface area (Å²) in [6.45, 7) is 2.00. The maximum Gasteiger partial charge on any atom is 0.503 e. The zero-order valence-corrected chi connectivity index (χ0v) is 4.33. The number of hydrogen-bond acceptors (Lipinski definition) is 3. The van der Waals surface area contributed by atoms with Crippen LogP contribution in [0.3, 0.4) is 0 Å². The van der Waals surface area contributed by atoms with Gasteiger partial charge in [-0.3, -0.25) is 0 Å². The Balaban J connectivity index is 0. The van der Waals surface area contributed by atoms with Crippen LogP contribution in [-0.4, -0.2) is 29.6 Å². The Bertz CT molecular complexity index is 55.5. The van der Waals surface area contributed by atoms with Crippen molar-refractivity contribution in [2.24, 2.45) is 0 Å². The van der Waals surface area contributed by atoms with Crippen LogP contribution in [0.5, 0.6) is 0 Å². The number of rotatable bonds is 0. The number of hydrogen-bond donors (Lipinski definition) is 3. The molecule has 8 heavy (non-hydrogen) atoms. The summed E-state index contributed by atoms with van der Waals surface area (Å²) in [7, 11) is 0. The minimum Gasteiger partial charge on any atom is -0.450 e. The molecule has 0 aromatic carbocycles. The zero-order valence-electron chi connectivity index (χ0n) is 4.33. The van der Waals surface area contributed by atoms with Crippen LogP contribution in [0.1, 0.15) is 0 Å². The van der Waals surface area contributed by atoms with E-state index in [4.69, 9.17) is 15.0 Å². The van der Waals surface area contributed by atoms with Crippen molar-refractivity contribution in [3.63, 3.8) is 0 Å². The molecule has 1 rings (SSSR count). The van der Waals surface area contributed by atoms with Crippen molar-refractivity contribution in [2.45, 2.75) is 0 Å². The topological polar surface area (TPSA) is 105 Å². The predicted octanol–water partition coefficient (Wildman–Crippen LogP) is 0.401. The molecule has 5 N–H and O–H groups in total. The van der Waals surface area contributed by atoms with Gasteiger partial charge >= 0.3 is 6.16 Å². The average molecular weight is 123 g/mol. The monoisotopic (exact) mass is 123 g/mol. The number of ether oxygens (including phenoxy) is 1. The highest BCUT2D eigenvalue weighted by atomic mass is 16.6. The molecule has 0 aromatic rings. The van der Waals surface area contributed by atoms with Gasteiger partial charge in [-0.15, -0.1) is 0 Å². The van der Waals surface area contributed by atoms with E-state index in [1.807, 2.05) is 0 Å². The van der Waals surface area contributed by atoms with Crippen LogP contribution in [-0.2, 0) is 4.74 Å². The Morgan fingerprint density at radius 3 is 1.50 bits per heavy atom. The van der Waals surface area contributed by atoms with Gasteiger partial charge in [-0.2, -0.15) is 0 Å². The minimum atomic E-state index is -1.83. The second kappa shape index (κ2) is 6.19. The van der Waals surface area contributed by atoms with Crippen molar-refractivity contribution in [1.29, 1.82) is 0 Å². The lowest BCUT2D eigenvalue weighted by atomic mass is 11.0. The Hall–Kier alpha value is -0.810. The molecular formula is C3H9NO4. The van der Waals surface area contributed by atoms with Crippen molar-refractivity contribution in [2.75, 3.05) is 13.2 Å². The van der Waals surface area contributed by atoms with E-state index >= 15 is 0 Å². The van der Waals surface area contributed by atoms with Crippen molar-refractivity contribution in [3.8, 4) is 0 Å². The fraction of sp³-hybridized carbons (Fsp3) is 0.667. The lowest BCUT2D eigenvalue weighted by Gasteiger charge is -1.60. The largest absolute Gasteiger partial charge is 0.503 e. The number of carbonyl (C=O) groups is 1. The van der Waals surface area contributed by atoms with E-state index in [2.05, 4.69) is 4.74 Å². The highest BCUT2D eigenvalue weighted by molar-refractivity contribution is 5.53. The van der Waals surface area contributed by atoms with Crippen molar-refractivity contribution in [1.82, 2.24) is 6.15 Å². The second-order valence-electron chi connectivity index (χ2n) is 0.895. The molecule has 5 heteroatoms. The third-order valence-electron chi connectivity index (χ3n) is 0.204. The van der Waals surface area contributed by atoms with Gasteiger partial charge < -0.3 is 21.1 Å². The Morgan fingerprint density at radius 1 is 1.38 bits per heavy atom. The molecule has 0 amide bonds. The first kappa shape index (κ1) is 10.2. The molecule has 5 nitrogen and oxygen atoms in total. The normalized spacial score (nSPS) is 12.0. The molecule has 0 aromatic heterocycles. The number of carboxylic acid groups (broad SMARTS) is 2. The standard InChI is InChI=1S/C2H4O.CH2O3.H3N/c1-2-3-1;2-1(3)4;/h1-2H2;(H2,2,3,4);1H3. The molecule has 1 aliphatic rings. The molecule has 50 valence electrons. The van der Waals surface area contributed by atoms with Crippen LogP contribution < -0.4 is 6.15 Å². The van der Waals surface area contributed by atoms with Crippen molar-refractivity contribution < 1.29 is 19.7 Å². The summed E-state index contributed by atoms with van der Waals surface area (Å²) in [5.74, 6) is 0. The molecule has 1 fully saturated rings. The van der Waals surface area contributed by atoms with E-state index in [9.17, 15) is 0 Å². The molecular weight excluding hydrogens is 114 g/mol. The fourth-order valence-corrected chi connectivity index (χ4v) is 0. The van der Waals surface area contributed by atoms with E-state index in [0.717, 1.165) is 13.2 Å². The highest BCUT2D eigenvalue weighted by Crippen LogP contribution is 1.84. The van der Waals surface area contributed by atoms with Gasteiger partial charge in [-0.25, -0.2) is 4.79 Å². The zero-order chi connectivity index (χ0) is 5.70. The van der Waals surface area contributed by atoms with E-state index in [0.29, 0.717) is 0 Å². The summed E-state index contributed by atoms with van der Waals surface area (Å²) in [5, 5.41) is 13.9. The third-order valence-corrected chi connectivity index (χ3v) is 0.204. The maximum absolute atomic E-state index is 8.56. The summed E-state index contributed by atoms with van der Waals surface area (Å²) in [5.41, 5.74) is 0. The van der Waals surface area contributed by atoms with Crippen LogP contribution in [0, 0.1) is 0 Å². The maximum atomic E-state index is 8.56. The van der Waals surface area contributed by atoms with E-state index in [1.54, 1.807) is 0 Å². The third kappa shape index (κ3) is 2520. The van der Waals surface area contributed by atoms with Crippen molar-refractivity contribution >= 4 is 6.16 Å². The lowest BCUT2D eigenvalue weighted by molar-refractivity contribution is 0.137. The summed E-state index contributed by atoms with van der Waals surface area (Å²) in [6, 6.07) is 0. The number of epoxide rings is 1. The van der Waals surface area contributed by atoms with Gasteiger partial charge in [-0.1, -0.05) is 0 Å². The Labute approximate surface area is 46.5 Å². The quantitative estimate of drug-likeness (QED) is 0.404. The van der Waals surface area contributed by atoms with Gasteiger partial charge in [0.25, 0.3) is 0 Å². The van der Waals surface area contributed by atoms with Crippen LogP contribution in [0.2, 0.25) is 0 Å². The molecule has 1 saturated heterocycles. The molecule has 0 unspecified atom stereocenters. The Kier molecular flexibility index (Phi) is 7.91. The lowest BCUT2D eigenvalue weighted by Crippen LogP contribution is -1.81. The first-order valence-electron chi connectivity index (χ1n) is 1.73. The summed E-state index contributed by atoms with van der Waals surface area (Å²) in [6.07, 6.45) is -1.83. The van der Waals surface area contributed by atoms with Crippen LogP contribution in [0.4, 0.5) is 4.79 Å². The molecule has 0 aliphatic carbocycles. The molecule has 1 aliphatic heterocycles. The predicted molar refractivity (Wildman–Crippen MR) is 26.5 cm³/mol. The first-order valence-corrected chi connectivity index (χ1v) is 1.73. The smallest absolute Gasteiger partial charge is 0.450 e. The van der Waals surface area contributed by atoms with Crippen LogP contribution in [0.25, 0.3) is 0 Å². The van der Waals surface area contributed by atoms with Crippen LogP contribution >= 0.6 is 0 Å². The van der Waals surface area contributed by atoms with E-state index in [-0.39, 0.29) is 6.15 Å². The minimum absolute atomic E-state index is 0. The summed E-state index contributed by atoms with van der Waals surface area (Å²) in [4.78, 5) is 8.56. The molecule has 0 radical (unpaired) electrons. The molecule has 0 atom stereocenters. The second-order valence-corrected chi connectivity index (χ2v) is 0.895. The summed E-state index contributed by atoms with van der Waals surface area (Å²) >= 11 is 0. The fourth-order valence-electron chi connectivity index (χ4n) is 0. The SMILES string of the molecule is C1CO1.N.O=C(O)O. The van der Waals surface area contributed by atoms with E-state index < -0.39 is 6.16 Å². The van der Waals surface area contributed by atoms with Crippen LogP contribution in [0.15, 0.2) is 0 Å². The van der Waals surface area contributed by atoms with E-state index in [1.165, 1.54) is 0 Å². The van der Waals surface area contributed by atoms with Gasteiger partial charge in [0.05, 0.1) is 13.2 Å². The van der Waals surface area contributed by atoms with Gasteiger partial charge in [0.2, 0.25) is 0 Å².